The van der Waals surface area contributed by atoms with Crippen molar-refractivity contribution in [1.29, 1.82) is 0 Å². The van der Waals surface area contributed by atoms with E-state index in [-0.39, 0.29) is 10.8 Å². The summed E-state index contributed by atoms with van der Waals surface area (Å²) in [5.74, 6) is 1.09. The minimum absolute atomic E-state index is 0.163. The van der Waals surface area contributed by atoms with Gasteiger partial charge < -0.3 is 4.74 Å². The highest BCUT2D eigenvalue weighted by atomic mass is 16.5. The lowest BCUT2D eigenvalue weighted by molar-refractivity contribution is 0.297. The van der Waals surface area contributed by atoms with E-state index in [9.17, 15) is 0 Å². The molecule has 21 heavy (non-hydrogen) atoms. The third-order valence-corrected chi connectivity index (χ3v) is 5.02. The lowest BCUT2D eigenvalue weighted by Gasteiger charge is -2.29. The molecule has 0 saturated carbocycles. The van der Waals surface area contributed by atoms with Crippen molar-refractivity contribution in [1.82, 2.24) is 0 Å². The SMILES string of the molecule is CCCCOc1cc(C(C)(C)CC)ccc1C(C)(C)CC. The van der Waals surface area contributed by atoms with Gasteiger partial charge in [-0.25, -0.2) is 0 Å². The highest BCUT2D eigenvalue weighted by molar-refractivity contribution is 5.44. The molecule has 120 valence electrons. The summed E-state index contributed by atoms with van der Waals surface area (Å²) in [5, 5.41) is 0. The number of rotatable bonds is 8. The van der Waals surface area contributed by atoms with E-state index in [4.69, 9.17) is 4.74 Å². The molecule has 0 heterocycles. The van der Waals surface area contributed by atoms with Crippen LogP contribution in [0.4, 0.5) is 0 Å². The maximum Gasteiger partial charge on any atom is 0.123 e. The average Bonchev–Trinajstić information content (AvgIpc) is 2.47. The number of hydrogen-bond donors (Lipinski definition) is 0. The first-order valence-electron chi connectivity index (χ1n) is 8.56. The number of benzene rings is 1. The fraction of sp³-hybridized carbons (Fsp3) is 0.700. The van der Waals surface area contributed by atoms with Crippen LogP contribution in [0.5, 0.6) is 5.75 Å². The molecule has 0 aliphatic rings. The van der Waals surface area contributed by atoms with E-state index in [1.165, 1.54) is 17.5 Å². The summed E-state index contributed by atoms with van der Waals surface area (Å²) in [6.45, 7) is 16.8. The van der Waals surface area contributed by atoms with Gasteiger partial charge in [-0.2, -0.15) is 0 Å². The van der Waals surface area contributed by atoms with Crippen LogP contribution in [-0.4, -0.2) is 6.61 Å². The maximum absolute atomic E-state index is 6.15. The van der Waals surface area contributed by atoms with Gasteiger partial charge in [-0.1, -0.05) is 67.0 Å². The van der Waals surface area contributed by atoms with E-state index in [0.717, 1.165) is 31.6 Å². The van der Waals surface area contributed by atoms with Gasteiger partial charge in [-0.3, -0.25) is 0 Å². The van der Waals surface area contributed by atoms with Crippen molar-refractivity contribution in [2.45, 2.75) is 85.0 Å². The Bertz CT molecular complexity index is 443. The van der Waals surface area contributed by atoms with Crippen LogP contribution in [0.1, 0.15) is 85.3 Å². The van der Waals surface area contributed by atoms with Crippen LogP contribution in [0.2, 0.25) is 0 Å². The van der Waals surface area contributed by atoms with Gasteiger partial charge in [-0.15, -0.1) is 0 Å². The van der Waals surface area contributed by atoms with Gasteiger partial charge in [0.05, 0.1) is 6.61 Å². The van der Waals surface area contributed by atoms with Crippen LogP contribution < -0.4 is 4.74 Å². The Morgan fingerprint density at radius 1 is 0.905 bits per heavy atom. The zero-order valence-corrected chi connectivity index (χ0v) is 15.2. The molecular formula is C20H34O. The van der Waals surface area contributed by atoms with Crippen LogP contribution in [0.25, 0.3) is 0 Å². The summed E-state index contributed by atoms with van der Waals surface area (Å²) < 4.78 is 6.15. The van der Waals surface area contributed by atoms with Gasteiger partial charge in [0.25, 0.3) is 0 Å². The summed E-state index contributed by atoms with van der Waals surface area (Å²) in [4.78, 5) is 0. The Kier molecular flexibility index (Phi) is 6.31. The average molecular weight is 290 g/mol. The molecule has 1 heteroatoms. The zero-order valence-electron chi connectivity index (χ0n) is 15.2. The van der Waals surface area contributed by atoms with Crippen molar-refractivity contribution >= 4 is 0 Å². The highest BCUT2D eigenvalue weighted by Gasteiger charge is 2.25. The van der Waals surface area contributed by atoms with E-state index >= 15 is 0 Å². The third kappa shape index (κ3) is 4.49. The minimum Gasteiger partial charge on any atom is -0.493 e. The molecule has 0 radical (unpaired) electrons. The fourth-order valence-electron chi connectivity index (χ4n) is 2.34. The van der Waals surface area contributed by atoms with Crippen LogP contribution in [0.15, 0.2) is 18.2 Å². The number of ether oxygens (including phenoxy) is 1. The lowest BCUT2D eigenvalue weighted by atomic mass is 9.77. The quantitative estimate of drug-likeness (QED) is 0.515. The molecular weight excluding hydrogens is 256 g/mol. The molecule has 1 aromatic carbocycles. The normalized spacial score (nSPS) is 12.5. The molecule has 1 rings (SSSR count). The van der Waals surface area contributed by atoms with Gasteiger partial charge in [0.1, 0.15) is 5.75 Å². The van der Waals surface area contributed by atoms with E-state index in [0.29, 0.717) is 0 Å². The van der Waals surface area contributed by atoms with Gasteiger partial charge in [0.15, 0.2) is 0 Å². The maximum atomic E-state index is 6.15. The van der Waals surface area contributed by atoms with Crippen molar-refractivity contribution in [3.63, 3.8) is 0 Å². The second-order valence-electron chi connectivity index (χ2n) is 7.39. The Balaban J connectivity index is 3.20. The molecule has 0 atom stereocenters. The van der Waals surface area contributed by atoms with Crippen LogP contribution >= 0.6 is 0 Å². The van der Waals surface area contributed by atoms with Crippen molar-refractivity contribution < 1.29 is 4.74 Å². The van der Waals surface area contributed by atoms with Gasteiger partial charge in [-0.05, 0) is 47.3 Å². The number of unbranched alkanes of at least 4 members (excludes halogenated alkanes) is 1. The molecule has 0 N–H and O–H groups in total. The first-order valence-corrected chi connectivity index (χ1v) is 8.56. The summed E-state index contributed by atoms with van der Waals surface area (Å²) >= 11 is 0. The topological polar surface area (TPSA) is 9.23 Å². The van der Waals surface area contributed by atoms with E-state index in [2.05, 4.69) is 66.7 Å². The molecule has 0 aromatic heterocycles. The van der Waals surface area contributed by atoms with E-state index < -0.39 is 0 Å². The van der Waals surface area contributed by atoms with Crippen LogP contribution in [0.3, 0.4) is 0 Å². The first kappa shape index (κ1) is 18.1. The molecule has 1 nitrogen and oxygen atoms in total. The van der Waals surface area contributed by atoms with Crippen molar-refractivity contribution in [2.75, 3.05) is 6.61 Å². The summed E-state index contributed by atoms with van der Waals surface area (Å²) in [5.41, 5.74) is 3.10. The Labute approximate surface area is 132 Å². The van der Waals surface area contributed by atoms with E-state index in [1.54, 1.807) is 0 Å². The lowest BCUT2D eigenvalue weighted by Crippen LogP contribution is -2.20. The standard InChI is InChI=1S/C20H34O/c1-8-11-14-21-18-15-16(19(4,5)9-2)12-13-17(18)20(6,7)10-3/h12-13,15H,8-11,14H2,1-7H3. The fourth-order valence-corrected chi connectivity index (χ4v) is 2.34. The molecule has 0 aliphatic heterocycles. The van der Waals surface area contributed by atoms with Crippen molar-refractivity contribution in [3.8, 4) is 5.75 Å². The second kappa shape index (κ2) is 7.33. The van der Waals surface area contributed by atoms with Crippen LogP contribution in [-0.2, 0) is 10.8 Å². The molecule has 0 bridgehead atoms. The minimum atomic E-state index is 0.163. The molecule has 0 amide bonds. The predicted octanol–water partition coefficient (Wildman–Crippen LogP) is 6.24. The van der Waals surface area contributed by atoms with Crippen LogP contribution in [0, 0.1) is 0 Å². The summed E-state index contributed by atoms with van der Waals surface area (Å²) in [7, 11) is 0. The van der Waals surface area contributed by atoms with E-state index in [1.807, 2.05) is 0 Å². The van der Waals surface area contributed by atoms with Crippen molar-refractivity contribution in [3.05, 3.63) is 29.3 Å². The number of hydrogen-bond acceptors (Lipinski definition) is 1. The highest BCUT2D eigenvalue weighted by Crippen LogP contribution is 2.38. The molecule has 0 fully saturated rings. The smallest absolute Gasteiger partial charge is 0.123 e. The third-order valence-electron chi connectivity index (χ3n) is 5.02. The zero-order chi connectivity index (χ0) is 16.1. The summed E-state index contributed by atoms with van der Waals surface area (Å²) in [6.07, 6.45) is 4.55. The first-order chi connectivity index (χ1) is 9.78. The van der Waals surface area contributed by atoms with Gasteiger partial charge in [0, 0.05) is 0 Å². The Morgan fingerprint density at radius 2 is 1.52 bits per heavy atom. The molecule has 0 unspecified atom stereocenters. The Hall–Kier alpha value is -0.980. The Morgan fingerprint density at radius 3 is 2.05 bits per heavy atom. The van der Waals surface area contributed by atoms with Gasteiger partial charge >= 0.3 is 0 Å². The molecule has 0 saturated heterocycles. The predicted molar refractivity (Wildman–Crippen MR) is 93.5 cm³/mol. The second-order valence-corrected chi connectivity index (χ2v) is 7.39. The largest absolute Gasteiger partial charge is 0.493 e. The molecule has 0 spiro atoms. The van der Waals surface area contributed by atoms with Crippen molar-refractivity contribution in [2.24, 2.45) is 0 Å². The summed E-state index contributed by atoms with van der Waals surface area (Å²) in [6, 6.07) is 6.87. The molecule has 0 aliphatic carbocycles. The van der Waals surface area contributed by atoms with Gasteiger partial charge in [0.2, 0.25) is 0 Å². The molecule has 1 aromatic rings. The monoisotopic (exact) mass is 290 g/mol.